The molecule has 106 valence electrons. The van der Waals surface area contributed by atoms with Crippen molar-refractivity contribution in [2.45, 2.75) is 25.1 Å². The van der Waals surface area contributed by atoms with Crippen LogP contribution in [0.15, 0.2) is 24.7 Å². The van der Waals surface area contributed by atoms with Crippen LogP contribution in [0.1, 0.15) is 24.1 Å². The first-order chi connectivity index (χ1) is 9.76. The smallest absolute Gasteiger partial charge is 0.144 e. The molecule has 1 unspecified atom stereocenters. The van der Waals surface area contributed by atoms with Gasteiger partial charge in [0.25, 0.3) is 0 Å². The van der Waals surface area contributed by atoms with Crippen molar-refractivity contribution >= 4 is 5.82 Å². The average Bonchev–Trinajstić information content (AvgIpc) is 3.07. The van der Waals surface area contributed by atoms with Gasteiger partial charge in [-0.1, -0.05) is 0 Å². The summed E-state index contributed by atoms with van der Waals surface area (Å²) >= 11 is 0. The molecule has 0 amide bonds. The molecule has 1 aliphatic heterocycles. The number of hydrogen-bond donors (Lipinski definition) is 2. The van der Waals surface area contributed by atoms with Gasteiger partial charge in [-0.25, -0.2) is 15.0 Å². The molecule has 2 atom stereocenters. The highest BCUT2D eigenvalue weighted by molar-refractivity contribution is 5.25. The van der Waals surface area contributed by atoms with Gasteiger partial charge in [-0.15, -0.1) is 0 Å². The second-order valence-corrected chi connectivity index (χ2v) is 4.91. The highest BCUT2D eigenvalue weighted by Crippen LogP contribution is 2.32. The number of likely N-dealkylation sites (tertiary alicyclic amines) is 1. The maximum absolute atomic E-state index is 5.70. The van der Waals surface area contributed by atoms with E-state index >= 15 is 0 Å². The quantitative estimate of drug-likeness (QED) is 0.854. The summed E-state index contributed by atoms with van der Waals surface area (Å²) < 4.78 is 5.48. The zero-order chi connectivity index (χ0) is 13.9. The third-order valence-corrected chi connectivity index (χ3v) is 3.60. The molecule has 0 aliphatic carbocycles. The van der Waals surface area contributed by atoms with Gasteiger partial charge in [0.2, 0.25) is 0 Å². The lowest BCUT2D eigenvalue weighted by atomic mass is 10.2. The van der Waals surface area contributed by atoms with Crippen molar-refractivity contribution in [1.82, 2.24) is 24.8 Å². The van der Waals surface area contributed by atoms with Gasteiger partial charge in [0, 0.05) is 32.2 Å². The summed E-state index contributed by atoms with van der Waals surface area (Å²) in [6, 6.07) is 1.88. The van der Waals surface area contributed by atoms with Gasteiger partial charge in [0.05, 0.1) is 18.7 Å². The predicted octanol–water partition coefficient (Wildman–Crippen LogP) is 0.744. The van der Waals surface area contributed by atoms with Crippen molar-refractivity contribution in [2.24, 2.45) is 0 Å². The molecular weight excluding hydrogens is 256 g/mol. The molecule has 7 heteroatoms. The second kappa shape index (κ2) is 5.56. The predicted molar refractivity (Wildman–Crippen MR) is 73.6 cm³/mol. The number of nitrogens with one attached hydrogen (secondary N) is 1. The average molecular weight is 274 g/mol. The van der Waals surface area contributed by atoms with Crippen LogP contribution in [0.4, 0.5) is 5.82 Å². The van der Waals surface area contributed by atoms with Crippen LogP contribution in [-0.4, -0.2) is 44.6 Å². The molecule has 1 saturated heterocycles. The third-order valence-electron chi connectivity index (χ3n) is 3.60. The molecule has 0 bridgehead atoms. The Morgan fingerprint density at radius 2 is 2.35 bits per heavy atom. The first kappa shape index (κ1) is 13.0. The lowest BCUT2D eigenvalue weighted by Gasteiger charge is -2.21. The molecule has 2 aromatic heterocycles. The molecule has 2 aromatic rings. The van der Waals surface area contributed by atoms with Crippen molar-refractivity contribution in [1.29, 1.82) is 0 Å². The van der Waals surface area contributed by atoms with E-state index in [2.05, 4.69) is 24.8 Å². The molecule has 0 saturated carbocycles. The van der Waals surface area contributed by atoms with E-state index < -0.39 is 0 Å². The van der Waals surface area contributed by atoms with E-state index in [9.17, 15) is 0 Å². The summed E-state index contributed by atoms with van der Waals surface area (Å²) in [7, 11) is 1.74. The molecule has 0 radical (unpaired) electrons. The first-order valence-corrected chi connectivity index (χ1v) is 6.60. The van der Waals surface area contributed by atoms with Gasteiger partial charge in [0.1, 0.15) is 17.5 Å². The van der Waals surface area contributed by atoms with Crippen LogP contribution >= 0.6 is 0 Å². The summed E-state index contributed by atoms with van der Waals surface area (Å²) in [6.45, 7) is 1.47. The summed E-state index contributed by atoms with van der Waals surface area (Å²) in [5.74, 6) is 2.17. The van der Waals surface area contributed by atoms with Gasteiger partial charge in [-0.05, 0) is 12.5 Å². The van der Waals surface area contributed by atoms with Crippen LogP contribution in [0.25, 0.3) is 0 Å². The Balaban J connectivity index is 1.79. The summed E-state index contributed by atoms with van der Waals surface area (Å²) in [6.07, 6.45) is 6.40. The summed E-state index contributed by atoms with van der Waals surface area (Å²) in [4.78, 5) is 18.3. The molecule has 7 nitrogen and oxygen atoms in total. The Bertz CT molecular complexity index is 558. The minimum Gasteiger partial charge on any atom is -0.384 e. The van der Waals surface area contributed by atoms with E-state index in [0.717, 1.165) is 24.6 Å². The molecule has 0 spiro atoms. The molecule has 20 heavy (non-hydrogen) atoms. The van der Waals surface area contributed by atoms with E-state index in [4.69, 9.17) is 10.5 Å². The molecule has 3 rings (SSSR count). The van der Waals surface area contributed by atoms with Crippen molar-refractivity contribution in [2.75, 3.05) is 19.4 Å². The highest BCUT2D eigenvalue weighted by Gasteiger charge is 2.35. The van der Waals surface area contributed by atoms with Crippen molar-refractivity contribution in [3.05, 3.63) is 36.3 Å². The SMILES string of the molecule is CO[C@@H]1CC(c2ncc[nH]2)N(Cc2nccc(N)n2)C1. The number of nitrogens with two attached hydrogens (primary N) is 1. The van der Waals surface area contributed by atoms with Gasteiger partial charge < -0.3 is 15.5 Å². The van der Waals surface area contributed by atoms with Gasteiger partial charge >= 0.3 is 0 Å². The van der Waals surface area contributed by atoms with Crippen molar-refractivity contribution in [3.63, 3.8) is 0 Å². The van der Waals surface area contributed by atoms with E-state index in [0.29, 0.717) is 12.4 Å². The third kappa shape index (κ3) is 2.63. The molecule has 1 fully saturated rings. The largest absolute Gasteiger partial charge is 0.384 e. The number of aromatic nitrogens is 4. The fourth-order valence-corrected chi connectivity index (χ4v) is 2.62. The lowest BCUT2D eigenvalue weighted by molar-refractivity contribution is 0.107. The molecule has 3 heterocycles. The van der Waals surface area contributed by atoms with Crippen LogP contribution in [-0.2, 0) is 11.3 Å². The van der Waals surface area contributed by atoms with Crippen LogP contribution in [0.3, 0.4) is 0 Å². The maximum atomic E-state index is 5.70. The van der Waals surface area contributed by atoms with Crippen molar-refractivity contribution < 1.29 is 4.74 Å². The van der Waals surface area contributed by atoms with Crippen LogP contribution in [0.2, 0.25) is 0 Å². The van der Waals surface area contributed by atoms with Crippen LogP contribution in [0.5, 0.6) is 0 Å². The normalized spacial score (nSPS) is 23.2. The fraction of sp³-hybridized carbons (Fsp3) is 0.462. The minimum atomic E-state index is 0.194. The molecule has 3 N–H and O–H groups in total. The van der Waals surface area contributed by atoms with Crippen LogP contribution < -0.4 is 5.73 Å². The zero-order valence-corrected chi connectivity index (χ0v) is 11.4. The second-order valence-electron chi connectivity index (χ2n) is 4.91. The minimum absolute atomic E-state index is 0.194. The zero-order valence-electron chi connectivity index (χ0n) is 11.4. The number of H-pyrrole nitrogens is 1. The molecular formula is C13H18N6O. The van der Waals surface area contributed by atoms with Gasteiger partial charge in [-0.2, -0.15) is 0 Å². The number of ether oxygens (including phenoxy) is 1. The highest BCUT2D eigenvalue weighted by atomic mass is 16.5. The van der Waals surface area contributed by atoms with E-state index in [1.807, 2.05) is 6.20 Å². The Labute approximate surface area is 117 Å². The number of hydrogen-bond acceptors (Lipinski definition) is 6. The summed E-state index contributed by atoms with van der Waals surface area (Å²) in [5.41, 5.74) is 5.70. The van der Waals surface area contributed by atoms with E-state index in [1.165, 1.54) is 0 Å². The topological polar surface area (TPSA) is 93.0 Å². The standard InChI is InChI=1S/C13H18N6O/c1-20-9-6-10(13-16-4-5-17-13)19(7-9)8-12-15-3-2-11(14)18-12/h2-5,9-10H,6-8H2,1H3,(H,16,17)(H2,14,15,18)/t9-,10?/m1/s1. The Morgan fingerprint density at radius 3 is 3.05 bits per heavy atom. The summed E-state index contributed by atoms with van der Waals surface area (Å²) in [5, 5.41) is 0. The number of nitrogens with zero attached hydrogens (tertiary/aromatic N) is 4. The van der Waals surface area contributed by atoms with Crippen molar-refractivity contribution in [3.8, 4) is 0 Å². The Hall–Kier alpha value is -1.99. The first-order valence-electron chi connectivity index (χ1n) is 6.60. The maximum Gasteiger partial charge on any atom is 0.144 e. The van der Waals surface area contributed by atoms with Gasteiger partial charge in [0.15, 0.2) is 0 Å². The van der Waals surface area contributed by atoms with Gasteiger partial charge in [-0.3, -0.25) is 4.90 Å². The fourth-order valence-electron chi connectivity index (χ4n) is 2.62. The number of methoxy groups -OCH3 is 1. The van der Waals surface area contributed by atoms with E-state index in [1.54, 1.807) is 25.6 Å². The number of rotatable bonds is 4. The monoisotopic (exact) mass is 274 g/mol. The lowest BCUT2D eigenvalue weighted by Crippen LogP contribution is -2.26. The Morgan fingerprint density at radius 1 is 1.45 bits per heavy atom. The molecule has 0 aromatic carbocycles. The van der Waals surface area contributed by atoms with E-state index in [-0.39, 0.29) is 12.1 Å². The number of imidazole rings is 1. The number of anilines is 1. The Kier molecular flexibility index (Phi) is 3.62. The number of aromatic amines is 1. The van der Waals surface area contributed by atoms with Crippen LogP contribution in [0, 0.1) is 0 Å². The number of nitrogen functional groups attached to an aromatic ring is 1. The molecule has 1 aliphatic rings.